The molecule has 0 aliphatic rings. The molecular weight excluding hydrogens is 395 g/mol. The van der Waals surface area contributed by atoms with Crippen LogP contribution < -0.4 is 5.43 Å². The van der Waals surface area contributed by atoms with E-state index in [1.54, 1.807) is 30.5 Å². The highest BCUT2D eigenvalue weighted by Gasteiger charge is 2.04. The van der Waals surface area contributed by atoms with Crippen molar-refractivity contribution < 1.29 is 5.11 Å². The molecule has 3 nitrogen and oxygen atoms in total. The van der Waals surface area contributed by atoms with E-state index in [0.29, 0.717) is 14.0 Å². The quantitative estimate of drug-likeness (QED) is 0.558. The van der Waals surface area contributed by atoms with Crippen LogP contribution in [0.1, 0.15) is 5.56 Å². The predicted octanol–water partition coefficient (Wildman–Crippen LogP) is 5.02. The molecule has 0 amide bonds. The van der Waals surface area contributed by atoms with Crippen molar-refractivity contribution in [2.75, 3.05) is 5.43 Å². The van der Waals surface area contributed by atoms with Crippen molar-refractivity contribution in [3.8, 4) is 5.75 Å². The van der Waals surface area contributed by atoms with Crippen molar-refractivity contribution >= 4 is 55.4 Å². The Bertz CT molecular complexity index is 592. The number of phenols is 1. The van der Waals surface area contributed by atoms with Crippen LogP contribution in [0, 0.1) is 0 Å². The summed E-state index contributed by atoms with van der Waals surface area (Å²) in [5, 5.41) is 14.4. The molecular formula is C13H9Br2ClN2O. The average Bonchev–Trinajstić information content (AvgIpc) is 2.38. The molecule has 0 unspecified atom stereocenters. The molecule has 0 atom stereocenters. The number of hydrogen-bond donors (Lipinski definition) is 2. The summed E-state index contributed by atoms with van der Waals surface area (Å²) in [5.74, 6) is 0.169. The minimum atomic E-state index is 0.169. The number of phenolic OH excluding ortho intramolecular Hbond substituents is 1. The lowest BCUT2D eigenvalue weighted by Gasteiger charge is -2.03. The Kier molecular flexibility index (Phi) is 4.85. The molecule has 2 aromatic carbocycles. The van der Waals surface area contributed by atoms with Gasteiger partial charge in [-0.2, -0.15) is 5.10 Å². The second-order valence-corrected chi connectivity index (χ2v) is 5.86. The van der Waals surface area contributed by atoms with Crippen LogP contribution in [0.4, 0.5) is 5.69 Å². The summed E-state index contributed by atoms with van der Waals surface area (Å²) in [6.07, 6.45) is 1.66. The molecule has 0 aliphatic carbocycles. The Morgan fingerprint density at radius 1 is 1.11 bits per heavy atom. The summed E-state index contributed by atoms with van der Waals surface area (Å²) in [4.78, 5) is 0. The maximum absolute atomic E-state index is 9.59. The lowest BCUT2D eigenvalue weighted by molar-refractivity contribution is 0.468. The third-order valence-electron chi connectivity index (χ3n) is 2.29. The summed E-state index contributed by atoms with van der Waals surface area (Å²) >= 11 is 12.3. The fourth-order valence-electron chi connectivity index (χ4n) is 1.37. The van der Waals surface area contributed by atoms with Gasteiger partial charge in [0.1, 0.15) is 5.75 Å². The van der Waals surface area contributed by atoms with Crippen molar-refractivity contribution in [1.82, 2.24) is 0 Å². The van der Waals surface area contributed by atoms with Crippen LogP contribution in [0.5, 0.6) is 5.75 Å². The molecule has 0 spiro atoms. The summed E-state index contributed by atoms with van der Waals surface area (Å²) in [6, 6.07) is 10.8. The number of benzene rings is 2. The first-order valence-electron chi connectivity index (χ1n) is 5.29. The Labute approximate surface area is 132 Å². The van der Waals surface area contributed by atoms with E-state index in [0.717, 1.165) is 11.3 Å². The van der Waals surface area contributed by atoms with E-state index in [-0.39, 0.29) is 5.75 Å². The Morgan fingerprint density at radius 3 is 2.26 bits per heavy atom. The zero-order valence-corrected chi connectivity index (χ0v) is 13.5. The fraction of sp³-hybridized carbons (Fsp3) is 0. The smallest absolute Gasteiger partial charge is 0.143 e. The van der Waals surface area contributed by atoms with E-state index in [1.807, 2.05) is 12.1 Å². The summed E-state index contributed by atoms with van der Waals surface area (Å²) in [7, 11) is 0. The molecule has 2 aromatic rings. The van der Waals surface area contributed by atoms with E-state index in [4.69, 9.17) is 11.6 Å². The molecule has 0 heterocycles. The Morgan fingerprint density at radius 2 is 1.68 bits per heavy atom. The average molecular weight is 404 g/mol. The molecule has 0 saturated heterocycles. The van der Waals surface area contributed by atoms with Gasteiger partial charge in [-0.15, -0.1) is 0 Å². The van der Waals surface area contributed by atoms with Gasteiger partial charge in [-0.25, -0.2) is 0 Å². The molecule has 2 rings (SSSR count). The standard InChI is InChI=1S/C13H9Br2ClN2O/c14-11-5-8(6-12(15)13(11)19)7-17-18-10-3-1-9(16)2-4-10/h1-7,18-19H/b17-7+. The number of hydrazone groups is 1. The molecule has 0 saturated carbocycles. The van der Waals surface area contributed by atoms with Gasteiger partial charge in [0, 0.05) is 5.02 Å². The molecule has 0 radical (unpaired) electrons. The number of rotatable bonds is 3. The van der Waals surface area contributed by atoms with Crippen LogP contribution in [-0.2, 0) is 0 Å². The molecule has 2 N–H and O–H groups in total. The normalized spacial score (nSPS) is 10.9. The first-order chi connectivity index (χ1) is 9.06. The van der Waals surface area contributed by atoms with E-state index in [1.165, 1.54) is 0 Å². The highest BCUT2D eigenvalue weighted by molar-refractivity contribution is 9.11. The van der Waals surface area contributed by atoms with E-state index in [9.17, 15) is 5.11 Å². The largest absolute Gasteiger partial charge is 0.506 e. The van der Waals surface area contributed by atoms with Crippen LogP contribution in [0.3, 0.4) is 0 Å². The van der Waals surface area contributed by atoms with Gasteiger partial charge in [-0.05, 0) is 73.8 Å². The Hall–Kier alpha value is -1.04. The molecule has 98 valence electrons. The van der Waals surface area contributed by atoms with Crippen molar-refractivity contribution in [2.45, 2.75) is 0 Å². The fourth-order valence-corrected chi connectivity index (χ4v) is 2.71. The summed E-state index contributed by atoms with van der Waals surface area (Å²) in [6.45, 7) is 0. The molecule has 0 fully saturated rings. The van der Waals surface area contributed by atoms with Gasteiger partial charge in [0.2, 0.25) is 0 Å². The van der Waals surface area contributed by atoms with Gasteiger partial charge < -0.3 is 5.11 Å². The summed E-state index contributed by atoms with van der Waals surface area (Å²) in [5.41, 5.74) is 4.58. The summed E-state index contributed by atoms with van der Waals surface area (Å²) < 4.78 is 1.21. The molecule has 0 bridgehead atoms. The van der Waals surface area contributed by atoms with Crippen molar-refractivity contribution in [3.63, 3.8) is 0 Å². The first kappa shape index (κ1) is 14.4. The molecule has 19 heavy (non-hydrogen) atoms. The highest BCUT2D eigenvalue weighted by Crippen LogP contribution is 2.32. The van der Waals surface area contributed by atoms with Crippen molar-refractivity contribution in [3.05, 3.63) is 55.9 Å². The lowest BCUT2D eigenvalue weighted by Crippen LogP contribution is -1.90. The van der Waals surface area contributed by atoms with Gasteiger partial charge >= 0.3 is 0 Å². The van der Waals surface area contributed by atoms with Crippen LogP contribution in [0.2, 0.25) is 5.02 Å². The number of nitrogens with zero attached hydrogens (tertiary/aromatic N) is 1. The van der Waals surface area contributed by atoms with E-state index >= 15 is 0 Å². The van der Waals surface area contributed by atoms with Gasteiger partial charge in [0.15, 0.2) is 0 Å². The Balaban J connectivity index is 2.09. The zero-order chi connectivity index (χ0) is 13.8. The second kappa shape index (κ2) is 6.41. The van der Waals surface area contributed by atoms with Crippen molar-refractivity contribution in [1.29, 1.82) is 0 Å². The van der Waals surface area contributed by atoms with Crippen molar-refractivity contribution in [2.24, 2.45) is 5.10 Å². The first-order valence-corrected chi connectivity index (χ1v) is 7.25. The maximum Gasteiger partial charge on any atom is 0.143 e. The topological polar surface area (TPSA) is 44.6 Å². The molecule has 0 aliphatic heterocycles. The third kappa shape index (κ3) is 3.96. The minimum absolute atomic E-state index is 0.169. The number of anilines is 1. The van der Waals surface area contributed by atoms with Crippen LogP contribution in [0.25, 0.3) is 0 Å². The number of aromatic hydroxyl groups is 1. The highest BCUT2D eigenvalue weighted by atomic mass is 79.9. The maximum atomic E-state index is 9.59. The lowest BCUT2D eigenvalue weighted by atomic mass is 10.2. The van der Waals surface area contributed by atoms with Crippen LogP contribution in [-0.4, -0.2) is 11.3 Å². The SMILES string of the molecule is Oc1c(Br)cc(/C=N/Nc2ccc(Cl)cc2)cc1Br. The monoisotopic (exact) mass is 402 g/mol. The third-order valence-corrected chi connectivity index (χ3v) is 3.75. The second-order valence-electron chi connectivity index (χ2n) is 3.71. The number of hydrogen-bond acceptors (Lipinski definition) is 3. The van der Waals surface area contributed by atoms with Gasteiger partial charge in [0.05, 0.1) is 20.8 Å². The number of halogens is 3. The van der Waals surface area contributed by atoms with Gasteiger partial charge in [0.25, 0.3) is 0 Å². The van der Waals surface area contributed by atoms with Crippen LogP contribution >= 0.6 is 43.5 Å². The number of nitrogens with one attached hydrogen (secondary N) is 1. The van der Waals surface area contributed by atoms with Gasteiger partial charge in [-0.1, -0.05) is 11.6 Å². The predicted molar refractivity (Wildman–Crippen MR) is 86.2 cm³/mol. The minimum Gasteiger partial charge on any atom is -0.506 e. The van der Waals surface area contributed by atoms with Gasteiger partial charge in [-0.3, -0.25) is 5.43 Å². The van der Waals surface area contributed by atoms with Crippen LogP contribution in [0.15, 0.2) is 50.4 Å². The molecule has 0 aromatic heterocycles. The van der Waals surface area contributed by atoms with E-state index in [2.05, 4.69) is 42.4 Å². The van der Waals surface area contributed by atoms with E-state index < -0.39 is 0 Å². The molecule has 6 heteroatoms. The zero-order valence-electron chi connectivity index (χ0n) is 9.57.